The van der Waals surface area contributed by atoms with Crippen molar-refractivity contribution in [2.45, 2.75) is 224 Å². The number of amides is 1. The molecule has 16 nitrogen and oxygen atoms in total. The van der Waals surface area contributed by atoms with E-state index in [0.717, 1.165) is 63.4 Å². The molecule has 0 radical (unpaired) electrons. The summed E-state index contributed by atoms with van der Waals surface area (Å²) in [6.07, 6.45) is -13.0. The SMILES string of the molecule is C=C(C)[C@@H]1CC[C@]2(C(=O)NCc3ccc4ccccc4c3)CC[C@]3(C)[C@H](CC[C@@H]4[C@@]5(C)CC[C@H](O[C@@H]6O[C@H](CO)[C@@H](O[C@@H]7O[C@@H](C)[C@H](O)[C@@H](O)[C@H]7O)[C@H](O)[C@H]6O[C@@H]6O[C@@H](C)[C@H](O)[C@@H](O)[C@H]6O)C(C)(C)[C@@H]5CC[C@]43C)[C@@H]12. The molecule has 5 aliphatic carbocycles. The lowest BCUT2D eigenvalue weighted by Crippen LogP contribution is -2.68. The maximum absolute atomic E-state index is 14.9. The molecule has 8 aliphatic rings. The fourth-order valence-corrected chi connectivity index (χ4v) is 17.6. The summed E-state index contributed by atoms with van der Waals surface area (Å²) in [5.74, 6) is 1.67. The van der Waals surface area contributed by atoms with E-state index in [4.69, 9.17) is 28.4 Å². The smallest absolute Gasteiger partial charge is 0.226 e. The van der Waals surface area contributed by atoms with E-state index < -0.39 is 116 Å². The Hall–Kier alpha value is -2.65. The molecule has 0 spiro atoms. The third kappa shape index (κ3) is 8.99. The average Bonchev–Trinajstić information content (AvgIpc) is 3.86. The predicted octanol–water partition coefficient (Wildman–Crippen LogP) is 5.00. The van der Waals surface area contributed by atoms with Gasteiger partial charge in [-0.3, -0.25) is 4.79 Å². The summed E-state index contributed by atoms with van der Waals surface area (Å²) >= 11 is 0. The van der Waals surface area contributed by atoms with E-state index >= 15 is 0 Å². The van der Waals surface area contributed by atoms with Crippen LogP contribution in [0, 0.1) is 56.7 Å². The normalized spacial score (nSPS) is 49.5. The maximum atomic E-state index is 14.9. The Morgan fingerprint density at radius 2 is 1.29 bits per heavy atom. The largest absolute Gasteiger partial charge is 0.394 e. The number of hydrogen-bond donors (Lipinski definition) is 9. The summed E-state index contributed by atoms with van der Waals surface area (Å²) in [5.41, 5.74) is 1.32. The molecule has 3 heterocycles. The molecule has 16 heteroatoms. The molecule has 1 amide bonds. The molecular formula is C59H87NO15. The van der Waals surface area contributed by atoms with Gasteiger partial charge < -0.3 is 74.6 Å². The first-order chi connectivity index (χ1) is 35.4. The fraction of sp³-hybridized carbons (Fsp3) is 0.780. The number of aliphatic hydroxyl groups is 8. The summed E-state index contributed by atoms with van der Waals surface area (Å²) in [6.45, 7) is 21.7. The summed E-state index contributed by atoms with van der Waals surface area (Å²) in [7, 11) is 0. The molecule has 25 atom stereocenters. The predicted molar refractivity (Wildman–Crippen MR) is 276 cm³/mol. The highest BCUT2D eigenvalue weighted by molar-refractivity contribution is 5.85. The first-order valence-electron chi connectivity index (χ1n) is 28.1. The highest BCUT2D eigenvalue weighted by atomic mass is 16.8. The van der Waals surface area contributed by atoms with Gasteiger partial charge in [0.2, 0.25) is 5.91 Å². The van der Waals surface area contributed by atoms with Gasteiger partial charge in [-0.05, 0) is 159 Å². The minimum atomic E-state index is -1.74. The van der Waals surface area contributed by atoms with Crippen LogP contribution >= 0.6 is 0 Å². The van der Waals surface area contributed by atoms with Gasteiger partial charge >= 0.3 is 0 Å². The van der Waals surface area contributed by atoms with Crippen LogP contribution in [0.4, 0.5) is 0 Å². The Morgan fingerprint density at radius 1 is 0.653 bits per heavy atom. The van der Waals surface area contributed by atoms with E-state index in [2.05, 4.69) is 89.8 Å². The molecule has 2 aromatic rings. The Bertz CT molecular complexity index is 2410. The van der Waals surface area contributed by atoms with E-state index in [9.17, 15) is 45.6 Å². The zero-order valence-electron chi connectivity index (χ0n) is 45.3. The fourth-order valence-electron chi connectivity index (χ4n) is 17.6. The zero-order valence-corrected chi connectivity index (χ0v) is 45.3. The van der Waals surface area contributed by atoms with Gasteiger partial charge in [0.15, 0.2) is 18.9 Å². The van der Waals surface area contributed by atoms with Crippen LogP contribution in [0.15, 0.2) is 54.6 Å². The molecule has 0 unspecified atom stereocenters. The topological polar surface area (TPSA) is 246 Å². The Labute approximate surface area is 442 Å². The summed E-state index contributed by atoms with van der Waals surface area (Å²) < 4.78 is 37.5. The molecule has 3 aliphatic heterocycles. The molecule has 3 saturated heterocycles. The Balaban J connectivity index is 0.885. The number of benzene rings is 2. The third-order valence-corrected chi connectivity index (χ3v) is 22.0. The van der Waals surface area contributed by atoms with Gasteiger partial charge in [0.25, 0.3) is 0 Å². The Morgan fingerprint density at radius 3 is 1.93 bits per heavy atom. The van der Waals surface area contributed by atoms with Crippen LogP contribution < -0.4 is 5.32 Å². The summed E-state index contributed by atoms with van der Waals surface area (Å²) in [5, 5.41) is 93.2. The molecule has 0 aromatic heterocycles. The van der Waals surface area contributed by atoms with E-state index in [-0.39, 0.29) is 39.9 Å². The van der Waals surface area contributed by atoms with Gasteiger partial charge in [0.1, 0.15) is 61.0 Å². The monoisotopic (exact) mass is 1050 g/mol. The number of carbonyl (C=O) groups is 1. The second-order valence-electron chi connectivity index (χ2n) is 26.0. The lowest BCUT2D eigenvalue weighted by molar-refractivity contribution is -0.393. The van der Waals surface area contributed by atoms with Crippen molar-refractivity contribution in [3.8, 4) is 0 Å². The number of nitrogens with one attached hydrogen (secondary N) is 1. The van der Waals surface area contributed by atoms with E-state index in [0.29, 0.717) is 24.8 Å². The van der Waals surface area contributed by atoms with Crippen molar-refractivity contribution in [3.05, 3.63) is 60.2 Å². The van der Waals surface area contributed by atoms with E-state index in [1.807, 2.05) is 6.07 Å². The van der Waals surface area contributed by atoms with Crippen LogP contribution in [0.1, 0.15) is 125 Å². The molecule has 75 heavy (non-hydrogen) atoms. The number of hydrogen-bond acceptors (Lipinski definition) is 15. The minimum absolute atomic E-state index is 0.00255. The van der Waals surface area contributed by atoms with Crippen molar-refractivity contribution in [1.82, 2.24) is 5.32 Å². The molecule has 10 rings (SSSR count). The number of allylic oxidation sites excluding steroid dienone is 1. The van der Waals surface area contributed by atoms with Crippen molar-refractivity contribution >= 4 is 16.7 Å². The minimum Gasteiger partial charge on any atom is -0.394 e. The molecule has 418 valence electrons. The zero-order chi connectivity index (χ0) is 53.9. The van der Waals surface area contributed by atoms with Gasteiger partial charge in [0, 0.05) is 6.54 Å². The molecule has 8 fully saturated rings. The van der Waals surface area contributed by atoms with Crippen LogP contribution in [0.5, 0.6) is 0 Å². The van der Waals surface area contributed by atoms with Crippen molar-refractivity contribution in [1.29, 1.82) is 0 Å². The first kappa shape index (κ1) is 55.7. The van der Waals surface area contributed by atoms with Crippen molar-refractivity contribution < 1.29 is 74.1 Å². The van der Waals surface area contributed by atoms with Crippen molar-refractivity contribution in [2.75, 3.05) is 6.61 Å². The van der Waals surface area contributed by atoms with Gasteiger partial charge in [0.05, 0.1) is 30.3 Å². The third-order valence-electron chi connectivity index (χ3n) is 22.0. The summed E-state index contributed by atoms with van der Waals surface area (Å²) in [4.78, 5) is 14.9. The standard InChI is InChI=1S/C59H87NO15/c1-29(2)35-18-23-59(54(69)60-27-32-14-15-33-12-10-11-13-34(33)26-32)25-24-57(8)36(41(35)59)16-17-39-56(7)21-20-40(55(5,6)38(56)19-22-58(39,57)9)73-53-50(75-52-47(67)45(65)43(63)31(4)71-52)48(68)49(37(28-61)72-53)74-51-46(66)44(64)42(62)30(3)70-51/h10-15,26,30-31,35-53,61-68H,1,16-25,27-28H2,2-9H3,(H,60,69)/t30-,31-,35-,36+,37+,38-,39+,40-,41+,42-,43-,44+,45+,46+,47+,48-,49+,50+,51-,52-,53-,56-,57+,58+,59-/m0/s1. The number of aliphatic hydroxyl groups excluding tert-OH is 8. The van der Waals surface area contributed by atoms with Crippen LogP contribution in [-0.2, 0) is 39.8 Å². The van der Waals surface area contributed by atoms with Gasteiger partial charge in [-0.2, -0.15) is 0 Å². The molecule has 5 saturated carbocycles. The summed E-state index contributed by atoms with van der Waals surface area (Å²) in [6, 6.07) is 14.8. The lowest BCUT2D eigenvalue weighted by atomic mass is 9.32. The molecule has 2 aromatic carbocycles. The first-order valence-corrected chi connectivity index (χ1v) is 28.1. The highest BCUT2D eigenvalue weighted by Crippen LogP contribution is 2.77. The van der Waals surface area contributed by atoms with Gasteiger partial charge in [-0.25, -0.2) is 0 Å². The number of rotatable bonds is 11. The maximum Gasteiger partial charge on any atom is 0.226 e. The second-order valence-corrected chi connectivity index (χ2v) is 26.0. The van der Waals surface area contributed by atoms with Crippen LogP contribution in [-0.4, -0.2) is 152 Å². The molecule has 9 N–H and O–H groups in total. The van der Waals surface area contributed by atoms with E-state index in [1.54, 1.807) is 0 Å². The van der Waals surface area contributed by atoms with Crippen LogP contribution in [0.25, 0.3) is 10.8 Å². The van der Waals surface area contributed by atoms with E-state index in [1.165, 1.54) is 30.2 Å². The highest BCUT2D eigenvalue weighted by Gasteiger charge is 2.72. The number of carbonyl (C=O) groups excluding carboxylic acids is 1. The lowest BCUT2D eigenvalue weighted by Gasteiger charge is -2.73. The average molecular weight is 1050 g/mol. The Kier molecular flexibility index (Phi) is 15.2. The van der Waals surface area contributed by atoms with Crippen LogP contribution in [0.3, 0.4) is 0 Å². The molecular weight excluding hydrogens is 963 g/mol. The molecule has 0 bridgehead atoms. The van der Waals surface area contributed by atoms with Crippen LogP contribution in [0.2, 0.25) is 0 Å². The van der Waals surface area contributed by atoms with Crippen molar-refractivity contribution in [3.63, 3.8) is 0 Å². The number of fused-ring (bicyclic) bond motifs is 8. The quantitative estimate of drug-likeness (QED) is 0.106. The second kappa shape index (κ2) is 20.5. The van der Waals surface area contributed by atoms with Gasteiger partial charge in [-0.15, -0.1) is 0 Å². The van der Waals surface area contributed by atoms with Crippen molar-refractivity contribution in [2.24, 2.45) is 56.7 Å². The number of ether oxygens (including phenoxy) is 6. The van der Waals surface area contributed by atoms with Gasteiger partial charge in [-0.1, -0.05) is 83.2 Å².